The largest absolute Gasteiger partial charge is 0.417 e. The highest BCUT2D eigenvalue weighted by Crippen LogP contribution is 2.36. The zero-order valence-corrected chi connectivity index (χ0v) is 13.0. The number of carbonyl (C=O) groups is 1. The predicted molar refractivity (Wildman–Crippen MR) is 77.5 cm³/mol. The van der Waals surface area contributed by atoms with Crippen molar-refractivity contribution in [3.63, 3.8) is 0 Å². The topological polar surface area (TPSA) is 41.1 Å². The van der Waals surface area contributed by atoms with Crippen LogP contribution in [0.3, 0.4) is 0 Å². The van der Waals surface area contributed by atoms with E-state index >= 15 is 0 Å². The molecule has 1 aromatic carbocycles. The summed E-state index contributed by atoms with van der Waals surface area (Å²) in [5, 5.41) is 4.65. The summed E-state index contributed by atoms with van der Waals surface area (Å²) in [4.78, 5) is 11.8. The molecule has 1 aromatic rings. The van der Waals surface area contributed by atoms with Crippen molar-refractivity contribution in [2.45, 2.75) is 39.9 Å². The van der Waals surface area contributed by atoms with E-state index in [1.54, 1.807) is 0 Å². The van der Waals surface area contributed by atoms with Crippen LogP contribution in [0.1, 0.15) is 33.3 Å². The smallest absolute Gasteiger partial charge is 0.335 e. The molecular weight excluding hydrogens is 305 g/mol. The highest BCUT2D eigenvalue weighted by molar-refractivity contribution is 6.31. The molecule has 3 nitrogen and oxygen atoms in total. The van der Waals surface area contributed by atoms with Crippen LogP contribution in [-0.2, 0) is 6.18 Å². The Morgan fingerprint density at radius 2 is 1.81 bits per heavy atom. The van der Waals surface area contributed by atoms with Crippen LogP contribution in [0.2, 0.25) is 5.02 Å². The third-order valence-electron chi connectivity index (χ3n) is 3.18. The van der Waals surface area contributed by atoms with Gasteiger partial charge in [-0.3, -0.25) is 0 Å². The molecule has 2 amide bonds. The molecule has 1 rings (SSSR count). The second-order valence-electron chi connectivity index (χ2n) is 5.88. The van der Waals surface area contributed by atoms with Gasteiger partial charge in [0.05, 0.1) is 10.6 Å². The molecule has 0 fully saturated rings. The Balaban J connectivity index is 2.83. The van der Waals surface area contributed by atoms with E-state index in [4.69, 9.17) is 11.6 Å². The quantitative estimate of drug-likeness (QED) is 0.797. The van der Waals surface area contributed by atoms with Gasteiger partial charge in [0, 0.05) is 11.7 Å². The van der Waals surface area contributed by atoms with E-state index in [9.17, 15) is 18.0 Å². The average Bonchev–Trinajstić information content (AvgIpc) is 2.28. The second kappa shape index (κ2) is 6.13. The molecule has 0 aliphatic carbocycles. The number of alkyl halides is 3. The van der Waals surface area contributed by atoms with Crippen molar-refractivity contribution in [2.24, 2.45) is 5.41 Å². The third-order valence-corrected chi connectivity index (χ3v) is 3.51. The number of carbonyl (C=O) groups excluding carboxylic acids is 1. The molecule has 7 heteroatoms. The van der Waals surface area contributed by atoms with Crippen LogP contribution in [0.5, 0.6) is 0 Å². The first-order chi connectivity index (χ1) is 9.41. The first-order valence-electron chi connectivity index (χ1n) is 6.35. The van der Waals surface area contributed by atoms with Crippen LogP contribution in [0.25, 0.3) is 0 Å². The summed E-state index contributed by atoms with van der Waals surface area (Å²) in [7, 11) is 0. The van der Waals surface area contributed by atoms with Gasteiger partial charge in [-0.05, 0) is 30.5 Å². The Morgan fingerprint density at radius 3 is 2.29 bits per heavy atom. The molecule has 1 unspecified atom stereocenters. The minimum atomic E-state index is -4.57. The summed E-state index contributed by atoms with van der Waals surface area (Å²) in [5.41, 5.74) is -1.11. The Morgan fingerprint density at radius 1 is 1.24 bits per heavy atom. The SMILES string of the molecule is CC(NC(=O)Nc1ccc(Cl)c(C(F)(F)F)c1)C(C)(C)C. The van der Waals surface area contributed by atoms with Gasteiger partial charge in [0.15, 0.2) is 0 Å². The lowest BCUT2D eigenvalue weighted by atomic mass is 9.88. The number of amides is 2. The number of anilines is 1. The molecule has 0 saturated heterocycles. The van der Waals surface area contributed by atoms with Crippen LogP contribution in [0.15, 0.2) is 18.2 Å². The van der Waals surface area contributed by atoms with Gasteiger partial charge in [-0.15, -0.1) is 0 Å². The molecule has 0 spiro atoms. The fraction of sp³-hybridized carbons (Fsp3) is 0.500. The van der Waals surface area contributed by atoms with Gasteiger partial charge in [0.1, 0.15) is 0 Å². The Hall–Kier alpha value is -1.43. The maximum Gasteiger partial charge on any atom is 0.417 e. The van der Waals surface area contributed by atoms with Crippen molar-refractivity contribution < 1.29 is 18.0 Å². The number of hydrogen-bond acceptors (Lipinski definition) is 1. The summed E-state index contributed by atoms with van der Waals surface area (Å²) in [6.07, 6.45) is -4.57. The molecule has 0 radical (unpaired) electrons. The summed E-state index contributed by atoms with van der Waals surface area (Å²) >= 11 is 5.51. The summed E-state index contributed by atoms with van der Waals surface area (Å²) in [5.74, 6) is 0. The molecule has 0 aliphatic heterocycles. The van der Waals surface area contributed by atoms with Crippen molar-refractivity contribution in [3.8, 4) is 0 Å². The lowest BCUT2D eigenvalue weighted by molar-refractivity contribution is -0.137. The number of nitrogens with one attached hydrogen (secondary N) is 2. The second-order valence-corrected chi connectivity index (χ2v) is 6.29. The Kier molecular flexibility index (Phi) is 5.15. The number of rotatable bonds is 2. The van der Waals surface area contributed by atoms with Crippen molar-refractivity contribution in [3.05, 3.63) is 28.8 Å². The molecule has 0 aliphatic rings. The molecule has 0 heterocycles. The fourth-order valence-electron chi connectivity index (χ4n) is 1.40. The minimum absolute atomic E-state index is 0.0327. The fourth-order valence-corrected chi connectivity index (χ4v) is 1.63. The Bertz CT molecular complexity index is 524. The van der Waals surface area contributed by atoms with Crippen LogP contribution < -0.4 is 10.6 Å². The van der Waals surface area contributed by atoms with Crippen LogP contribution >= 0.6 is 11.6 Å². The van der Waals surface area contributed by atoms with E-state index in [2.05, 4.69) is 10.6 Å². The highest BCUT2D eigenvalue weighted by Gasteiger charge is 2.33. The predicted octanol–water partition coefficient (Wildman–Crippen LogP) is 4.91. The molecule has 1 atom stereocenters. The van der Waals surface area contributed by atoms with E-state index < -0.39 is 22.8 Å². The summed E-state index contributed by atoms with van der Waals surface area (Å²) < 4.78 is 38.2. The van der Waals surface area contributed by atoms with E-state index in [0.29, 0.717) is 0 Å². The van der Waals surface area contributed by atoms with E-state index in [0.717, 1.165) is 12.1 Å². The minimum Gasteiger partial charge on any atom is -0.335 e. The standard InChI is InChI=1S/C14H18ClF3N2O/c1-8(13(2,3)4)19-12(21)20-9-5-6-11(15)10(7-9)14(16,17)18/h5-8H,1-4H3,(H2,19,20,21). The number of halogens is 4. The maximum absolute atomic E-state index is 12.7. The average molecular weight is 323 g/mol. The van der Waals surface area contributed by atoms with Crippen molar-refractivity contribution >= 4 is 23.3 Å². The third kappa shape index (κ3) is 5.12. The molecule has 21 heavy (non-hydrogen) atoms. The summed E-state index contributed by atoms with van der Waals surface area (Å²) in [6.45, 7) is 7.66. The van der Waals surface area contributed by atoms with Gasteiger partial charge in [0.25, 0.3) is 0 Å². The van der Waals surface area contributed by atoms with E-state index in [1.165, 1.54) is 6.07 Å². The molecule has 0 bridgehead atoms. The van der Waals surface area contributed by atoms with Crippen LogP contribution in [0.4, 0.5) is 23.7 Å². The maximum atomic E-state index is 12.7. The van der Waals surface area contributed by atoms with Gasteiger partial charge < -0.3 is 10.6 Å². The van der Waals surface area contributed by atoms with Crippen molar-refractivity contribution in [1.82, 2.24) is 5.32 Å². The lowest BCUT2D eigenvalue weighted by Gasteiger charge is -2.28. The molecule has 2 N–H and O–H groups in total. The van der Waals surface area contributed by atoms with E-state index in [-0.39, 0.29) is 17.1 Å². The molecule has 0 aromatic heterocycles. The first kappa shape index (κ1) is 17.6. The number of hydrogen-bond donors (Lipinski definition) is 2. The van der Waals surface area contributed by atoms with Crippen LogP contribution in [0, 0.1) is 5.41 Å². The van der Waals surface area contributed by atoms with Crippen molar-refractivity contribution in [2.75, 3.05) is 5.32 Å². The molecule has 118 valence electrons. The summed E-state index contributed by atoms with van der Waals surface area (Å²) in [6, 6.07) is 2.52. The van der Waals surface area contributed by atoms with Gasteiger partial charge >= 0.3 is 12.2 Å². The number of benzene rings is 1. The van der Waals surface area contributed by atoms with E-state index in [1.807, 2.05) is 27.7 Å². The van der Waals surface area contributed by atoms with Crippen molar-refractivity contribution in [1.29, 1.82) is 0 Å². The van der Waals surface area contributed by atoms with Gasteiger partial charge in [-0.25, -0.2) is 4.79 Å². The lowest BCUT2D eigenvalue weighted by Crippen LogP contribution is -2.43. The molecule has 0 saturated carbocycles. The Labute approximate surface area is 126 Å². The molecular formula is C14H18ClF3N2O. The van der Waals surface area contributed by atoms with Crippen LogP contribution in [-0.4, -0.2) is 12.1 Å². The van der Waals surface area contributed by atoms with Gasteiger partial charge in [-0.1, -0.05) is 32.4 Å². The van der Waals surface area contributed by atoms with Gasteiger partial charge in [0.2, 0.25) is 0 Å². The number of urea groups is 1. The zero-order valence-electron chi connectivity index (χ0n) is 12.2. The van der Waals surface area contributed by atoms with Gasteiger partial charge in [-0.2, -0.15) is 13.2 Å². The highest BCUT2D eigenvalue weighted by atomic mass is 35.5. The monoisotopic (exact) mass is 322 g/mol. The zero-order chi connectivity index (χ0) is 16.4. The normalized spacial score (nSPS) is 13.7. The first-order valence-corrected chi connectivity index (χ1v) is 6.73.